The van der Waals surface area contributed by atoms with Gasteiger partial charge in [-0.2, -0.15) is 0 Å². The molecule has 0 unspecified atom stereocenters. The van der Waals surface area contributed by atoms with Crippen molar-refractivity contribution in [2.45, 2.75) is 13.5 Å². The Morgan fingerprint density at radius 2 is 1.93 bits per heavy atom. The maximum absolute atomic E-state index is 10.3. The molecule has 0 fully saturated rings. The summed E-state index contributed by atoms with van der Waals surface area (Å²) in [5.74, 6) is 0. The number of non-ortho nitro benzene ring substituents is 1. The molecule has 0 amide bonds. The molecule has 0 aliphatic rings. The highest BCUT2D eigenvalue weighted by Crippen LogP contribution is 2.12. The molecule has 14 heavy (non-hydrogen) atoms. The van der Waals surface area contributed by atoms with Crippen molar-refractivity contribution in [3.05, 3.63) is 39.9 Å². The van der Waals surface area contributed by atoms with Crippen LogP contribution in [0, 0.1) is 10.1 Å². The van der Waals surface area contributed by atoms with Crippen LogP contribution < -0.4 is 0 Å². The first-order chi connectivity index (χ1) is 6.74. The summed E-state index contributed by atoms with van der Waals surface area (Å²) in [6.45, 7) is 2.59. The normalized spacial score (nSPS) is 10.1. The van der Waals surface area contributed by atoms with Crippen molar-refractivity contribution in [1.29, 1.82) is 0 Å². The molecule has 0 N–H and O–H groups in total. The van der Waals surface area contributed by atoms with Gasteiger partial charge in [0, 0.05) is 12.1 Å². The Kier molecular flexibility index (Phi) is 4.03. The van der Waals surface area contributed by atoms with E-state index in [9.17, 15) is 10.1 Å². The molecule has 0 radical (unpaired) electrons. The summed E-state index contributed by atoms with van der Waals surface area (Å²) in [5, 5.41) is 10.3. The second-order valence-corrected chi connectivity index (χ2v) is 2.59. The highest BCUT2D eigenvalue weighted by Gasteiger charge is 2.03. The summed E-state index contributed by atoms with van der Waals surface area (Å²) in [6.07, 6.45) is 0. The Morgan fingerprint density at radius 1 is 1.29 bits per heavy atom. The maximum Gasteiger partial charge on any atom is 0.269 e. The van der Waals surface area contributed by atoms with Gasteiger partial charge in [-0.05, 0) is 24.6 Å². The quantitative estimate of drug-likeness (QED) is 0.313. The van der Waals surface area contributed by atoms with Gasteiger partial charge in [0.25, 0.3) is 5.69 Å². The first-order valence-electron chi connectivity index (χ1n) is 4.21. The van der Waals surface area contributed by atoms with Crippen molar-refractivity contribution in [3.8, 4) is 0 Å². The number of nitro groups is 1. The minimum atomic E-state index is -0.437. The van der Waals surface area contributed by atoms with Gasteiger partial charge in [-0.15, -0.1) is 0 Å². The van der Waals surface area contributed by atoms with Crippen LogP contribution in [0.4, 0.5) is 5.69 Å². The van der Waals surface area contributed by atoms with E-state index >= 15 is 0 Å². The predicted octanol–water partition coefficient (Wildman–Crippen LogP) is 2.06. The number of nitro benzene ring substituents is 1. The lowest BCUT2D eigenvalue weighted by molar-refractivity contribution is -0.384. The standard InChI is InChI=1S/C9H11NO4/c1-2-13-14-7-8-3-5-9(6-4-8)10(11)12/h3-6H,2,7H2,1H3. The zero-order chi connectivity index (χ0) is 10.4. The second-order valence-electron chi connectivity index (χ2n) is 2.59. The third-order valence-electron chi connectivity index (χ3n) is 1.57. The summed E-state index contributed by atoms with van der Waals surface area (Å²) in [7, 11) is 0. The molecule has 5 nitrogen and oxygen atoms in total. The zero-order valence-corrected chi connectivity index (χ0v) is 7.80. The van der Waals surface area contributed by atoms with Gasteiger partial charge in [0.1, 0.15) is 6.61 Å². The van der Waals surface area contributed by atoms with Gasteiger partial charge in [-0.1, -0.05) is 0 Å². The Hall–Kier alpha value is -1.46. The Morgan fingerprint density at radius 3 is 2.43 bits per heavy atom. The Balaban J connectivity index is 2.51. The largest absolute Gasteiger partial charge is 0.269 e. The smallest absolute Gasteiger partial charge is 0.258 e. The van der Waals surface area contributed by atoms with Crippen molar-refractivity contribution in [2.24, 2.45) is 0 Å². The van der Waals surface area contributed by atoms with Crippen molar-refractivity contribution >= 4 is 5.69 Å². The molecular weight excluding hydrogens is 186 g/mol. The van der Waals surface area contributed by atoms with Crippen LogP contribution in [0.1, 0.15) is 12.5 Å². The highest BCUT2D eigenvalue weighted by atomic mass is 17.2. The molecule has 0 heterocycles. The maximum atomic E-state index is 10.3. The van der Waals surface area contributed by atoms with E-state index in [0.717, 1.165) is 5.56 Å². The Labute approximate surface area is 81.3 Å². The van der Waals surface area contributed by atoms with Crippen LogP contribution in [0.15, 0.2) is 24.3 Å². The van der Waals surface area contributed by atoms with E-state index in [2.05, 4.69) is 4.89 Å². The van der Waals surface area contributed by atoms with E-state index in [1.807, 2.05) is 6.92 Å². The average Bonchev–Trinajstić information content (AvgIpc) is 2.19. The van der Waals surface area contributed by atoms with Gasteiger partial charge in [-0.3, -0.25) is 10.1 Å². The monoisotopic (exact) mass is 197 g/mol. The minimum Gasteiger partial charge on any atom is -0.258 e. The van der Waals surface area contributed by atoms with E-state index in [1.165, 1.54) is 12.1 Å². The predicted molar refractivity (Wildman–Crippen MR) is 49.5 cm³/mol. The van der Waals surface area contributed by atoms with Gasteiger partial charge in [0.2, 0.25) is 0 Å². The average molecular weight is 197 g/mol. The minimum absolute atomic E-state index is 0.0742. The first-order valence-corrected chi connectivity index (χ1v) is 4.21. The lowest BCUT2D eigenvalue weighted by Crippen LogP contribution is -1.95. The summed E-state index contributed by atoms with van der Waals surface area (Å²) >= 11 is 0. The van der Waals surface area contributed by atoms with Crippen LogP contribution >= 0.6 is 0 Å². The summed E-state index contributed by atoms with van der Waals surface area (Å²) in [6, 6.07) is 6.14. The Bertz CT molecular complexity index is 296. The molecule has 0 aliphatic carbocycles. The molecule has 0 spiro atoms. The molecule has 1 aromatic carbocycles. The van der Waals surface area contributed by atoms with Gasteiger partial charge in [0.15, 0.2) is 0 Å². The van der Waals surface area contributed by atoms with Crippen molar-refractivity contribution in [3.63, 3.8) is 0 Å². The van der Waals surface area contributed by atoms with Crippen molar-refractivity contribution in [1.82, 2.24) is 0 Å². The lowest BCUT2D eigenvalue weighted by Gasteiger charge is -2.01. The molecular formula is C9H11NO4. The van der Waals surface area contributed by atoms with E-state index in [-0.39, 0.29) is 5.69 Å². The fraction of sp³-hybridized carbons (Fsp3) is 0.333. The van der Waals surface area contributed by atoms with Crippen LogP contribution in [0.2, 0.25) is 0 Å². The molecule has 0 bridgehead atoms. The highest BCUT2D eigenvalue weighted by molar-refractivity contribution is 5.32. The van der Waals surface area contributed by atoms with E-state index in [4.69, 9.17) is 4.89 Å². The van der Waals surface area contributed by atoms with Crippen LogP contribution in [0.5, 0.6) is 0 Å². The molecule has 5 heteroatoms. The van der Waals surface area contributed by atoms with E-state index in [1.54, 1.807) is 12.1 Å². The van der Waals surface area contributed by atoms with Gasteiger partial charge in [0.05, 0.1) is 11.5 Å². The summed E-state index contributed by atoms with van der Waals surface area (Å²) < 4.78 is 0. The van der Waals surface area contributed by atoms with Crippen LogP contribution in [0.3, 0.4) is 0 Å². The van der Waals surface area contributed by atoms with Gasteiger partial charge >= 0.3 is 0 Å². The zero-order valence-electron chi connectivity index (χ0n) is 7.80. The van der Waals surface area contributed by atoms with Crippen LogP contribution in [0.25, 0.3) is 0 Å². The topological polar surface area (TPSA) is 61.6 Å². The molecule has 0 saturated carbocycles. The first kappa shape index (κ1) is 10.6. The van der Waals surface area contributed by atoms with Crippen molar-refractivity contribution < 1.29 is 14.7 Å². The number of nitrogens with zero attached hydrogens (tertiary/aromatic N) is 1. The third-order valence-corrected chi connectivity index (χ3v) is 1.57. The number of rotatable bonds is 5. The molecule has 0 aliphatic heterocycles. The lowest BCUT2D eigenvalue weighted by atomic mass is 10.2. The molecule has 76 valence electrons. The molecule has 0 aromatic heterocycles. The summed E-state index contributed by atoms with van der Waals surface area (Å²) in [4.78, 5) is 19.4. The van der Waals surface area contributed by atoms with E-state index < -0.39 is 4.92 Å². The molecule has 0 saturated heterocycles. The fourth-order valence-electron chi connectivity index (χ4n) is 0.907. The van der Waals surface area contributed by atoms with Crippen LogP contribution in [-0.4, -0.2) is 11.5 Å². The SMILES string of the molecule is CCOOCc1ccc([N+](=O)[O-])cc1. The second kappa shape index (κ2) is 5.31. The number of benzene rings is 1. The molecule has 1 rings (SSSR count). The van der Waals surface area contributed by atoms with Gasteiger partial charge in [-0.25, -0.2) is 9.78 Å². The summed E-state index contributed by atoms with van der Waals surface area (Å²) in [5.41, 5.74) is 0.911. The number of hydrogen-bond acceptors (Lipinski definition) is 4. The third kappa shape index (κ3) is 3.12. The van der Waals surface area contributed by atoms with Crippen molar-refractivity contribution in [2.75, 3.05) is 6.61 Å². The van der Waals surface area contributed by atoms with Crippen LogP contribution in [-0.2, 0) is 16.4 Å². The number of hydrogen-bond donors (Lipinski definition) is 0. The van der Waals surface area contributed by atoms with Gasteiger partial charge < -0.3 is 0 Å². The molecule has 1 aromatic rings. The molecule has 0 atom stereocenters. The fourth-order valence-corrected chi connectivity index (χ4v) is 0.907. The van der Waals surface area contributed by atoms with E-state index in [0.29, 0.717) is 13.2 Å².